The first-order valence-corrected chi connectivity index (χ1v) is 6.07. The summed E-state index contributed by atoms with van der Waals surface area (Å²) < 4.78 is 10.8. The van der Waals surface area contributed by atoms with Gasteiger partial charge in [-0.1, -0.05) is 18.2 Å². The normalized spacial score (nSPS) is 35.1. The third-order valence-electron chi connectivity index (χ3n) is 3.19. The fourth-order valence-electron chi connectivity index (χ4n) is 1.98. The Balaban J connectivity index is 2.13. The molecule has 4 N–H and O–H groups in total. The average Bonchev–Trinajstić information content (AvgIpc) is 2.41. The number of aliphatic hydroxyl groups excluding tert-OH is 4. The Morgan fingerprint density at radius 2 is 1.79 bits per heavy atom. The Bertz CT molecular complexity index is 421. The summed E-state index contributed by atoms with van der Waals surface area (Å²) in [4.78, 5) is 0. The molecule has 1 aliphatic rings. The molecule has 6 heteroatoms. The molecule has 0 saturated carbocycles. The van der Waals surface area contributed by atoms with Crippen molar-refractivity contribution in [3.63, 3.8) is 0 Å². The second kappa shape index (κ2) is 5.85. The molecular formula is C13H18O6. The van der Waals surface area contributed by atoms with Crippen LogP contribution >= 0.6 is 0 Å². The van der Waals surface area contributed by atoms with E-state index < -0.39 is 37.3 Å². The zero-order chi connectivity index (χ0) is 14.0. The van der Waals surface area contributed by atoms with Crippen LogP contribution in [0.5, 0.6) is 5.75 Å². The van der Waals surface area contributed by atoms with E-state index in [4.69, 9.17) is 14.6 Å². The van der Waals surface area contributed by atoms with E-state index in [0.29, 0.717) is 5.75 Å². The maximum Gasteiger partial charge on any atom is 0.229 e. The van der Waals surface area contributed by atoms with Crippen LogP contribution in [0.3, 0.4) is 0 Å². The van der Waals surface area contributed by atoms with Crippen molar-refractivity contribution in [2.45, 2.75) is 37.6 Å². The lowest BCUT2D eigenvalue weighted by Gasteiger charge is -2.39. The van der Waals surface area contributed by atoms with Crippen molar-refractivity contribution in [1.82, 2.24) is 0 Å². The van der Waals surface area contributed by atoms with Crippen molar-refractivity contribution >= 4 is 0 Å². The number of para-hydroxylation sites is 1. The van der Waals surface area contributed by atoms with Gasteiger partial charge in [-0.15, -0.1) is 0 Å². The summed E-state index contributed by atoms with van der Waals surface area (Å²) in [5, 5.41) is 38.2. The summed E-state index contributed by atoms with van der Waals surface area (Å²) in [6, 6.07) is 7.15. The summed E-state index contributed by atoms with van der Waals surface area (Å²) in [6.07, 6.45) is -6.31. The van der Waals surface area contributed by atoms with Crippen LogP contribution in [0, 0.1) is 6.92 Å². The highest BCUT2D eigenvalue weighted by Gasteiger charge is 2.44. The molecule has 0 amide bonds. The van der Waals surface area contributed by atoms with Crippen LogP contribution in [0.15, 0.2) is 24.3 Å². The van der Waals surface area contributed by atoms with Crippen LogP contribution in [-0.2, 0) is 4.74 Å². The van der Waals surface area contributed by atoms with Gasteiger partial charge in [0.05, 0.1) is 6.61 Å². The summed E-state index contributed by atoms with van der Waals surface area (Å²) in [5.41, 5.74) is 0.847. The van der Waals surface area contributed by atoms with Crippen molar-refractivity contribution in [3.8, 4) is 5.75 Å². The van der Waals surface area contributed by atoms with Crippen LogP contribution in [0.1, 0.15) is 5.56 Å². The highest BCUT2D eigenvalue weighted by molar-refractivity contribution is 5.31. The van der Waals surface area contributed by atoms with Gasteiger partial charge in [0, 0.05) is 0 Å². The Kier molecular flexibility index (Phi) is 4.38. The molecule has 19 heavy (non-hydrogen) atoms. The second-order valence-electron chi connectivity index (χ2n) is 4.58. The molecule has 0 bridgehead atoms. The van der Waals surface area contributed by atoms with E-state index in [1.807, 2.05) is 19.1 Å². The Hall–Kier alpha value is -1.18. The van der Waals surface area contributed by atoms with Crippen LogP contribution < -0.4 is 4.74 Å². The molecule has 0 unspecified atom stereocenters. The molecule has 5 atom stereocenters. The first kappa shape index (κ1) is 14.2. The predicted molar refractivity (Wildman–Crippen MR) is 65.6 cm³/mol. The lowest BCUT2D eigenvalue weighted by molar-refractivity contribution is -0.277. The van der Waals surface area contributed by atoms with Gasteiger partial charge in [-0.25, -0.2) is 0 Å². The molecule has 1 fully saturated rings. The molecule has 1 aromatic rings. The average molecular weight is 270 g/mol. The number of aryl methyl sites for hydroxylation is 1. The van der Waals surface area contributed by atoms with Crippen LogP contribution in [0.4, 0.5) is 0 Å². The topological polar surface area (TPSA) is 99.4 Å². The van der Waals surface area contributed by atoms with Crippen LogP contribution in [0.2, 0.25) is 0 Å². The van der Waals surface area contributed by atoms with E-state index >= 15 is 0 Å². The van der Waals surface area contributed by atoms with Gasteiger partial charge in [-0.05, 0) is 18.6 Å². The molecule has 1 aromatic carbocycles. The molecule has 2 rings (SSSR count). The van der Waals surface area contributed by atoms with E-state index in [2.05, 4.69) is 0 Å². The molecular weight excluding hydrogens is 252 g/mol. The van der Waals surface area contributed by atoms with E-state index in [1.165, 1.54) is 0 Å². The zero-order valence-corrected chi connectivity index (χ0v) is 10.5. The summed E-state index contributed by atoms with van der Waals surface area (Å²) in [7, 11) is 0. The largest absolute Gasteiger partial charge is 0.462 e. The van der Waals surface area contributed by atoms with Gasteiger partial charge in [-0.3, -0.25) is 0 Å². The molecule has 0 aliphatic carbocycles. The number of hydrogen-bond acceptors (Lipinski definition) is 6. The van der Waals surface area contributed by atoms with Crippen LogP contribution in [0.25, 0.3) is 0 Å². The number of hydrogen-bond donors (Lipinski definition) is 4. The maximum absolute atomic E-state index is 9.83. The highest BCUT2D eigenvalue weighted by Crippen LogP contribution is 2.25. The van der Waals surface area contributed by atoms with Crippen molar-refractivity contribution in [3.05, 3.63) is 29.8 Å². The molecule has 1 aliphatic heterocycles. The second-order valence-corrected chi connectivity index (χ2v) is 4.58. The lowest BCUT2D eigenvalue weighted by Crippen LogP contribution is -2.60. The van der Waals surface area contributed by atoms with Gasteiger partial charge in [0.15, 0.2) is 0 Å². The van der Waals surface area contributed by atoms with Gasteiger partial charge in [-0.2, -0.15) is 0 Å². The molecule has 1 heterocycles. The number of rotatable bonds is 3. The maximum atomic E-state index is 9.83. The first-order valence-electron chi connectivity index (χ1n) is 6.07. The lowest BCUT2D eigenvalue weighted by atomic mass is 9.99. The standard InChI is InChI=1S/C13H18O6/c1-7-4-2-3-5-8(7)18-13-12(17)11(16)10(15)9(6-14)19-13/h2-5,9-17H,6H2,1H3/t9-,10-,11-,12+,13-/m1/s1. The molecule has 106 valence electrons. The monoisotopic (exact) mass is 270 g/mol. The Labute approximate surface area is 110 Å². The van der Waals surface area contributed by atoms with Crippen molar-refractivity contribution in [2.75, 3.05) is 6.61 Å². The fraction of sp³-hybridized carbons (Fsp3) is 0.538. The fourth-order valence-corrected chi connectivity index (χ4v) is 1.98. The molecule has 6 nitrogen and oxygen atoms in total. The quantitative estimate of drug-likeness (QED) is 0.572. The highest BCUT2D eigenvalue weighted by atomic mass is 16.7. The van der Waals surface area contributed by atoms with Gasteiger partial charge < -0.3 is 29.9 Å². The van der Waals surface area contributed by atoms with Gasteiger partial charge >= 0.3 is 0 Å². The van der Waals surface area contributed by atoms with E-state index in [0.717, 1.165) is 5.56 Å². The minimum atomic E-state index is -1.43. The van der Waals surface area contributed by atoms with Gasteiger partial charge in [0.1, 0.15) is 30.2 Å². The smallest absolute Gasteiger partial charge is 0.229 e. The third kappa shape index (κ3) is 2.88. The van der Waals surface area contributed by atoms with Gasteiger partial charge in [0.2, 0.25) is 6.29 Å². The summed E-state index contributed by atoms with van der Waals surface area (Å²) in [6.45, 7) is 1.36. The summed E-state index contributed by atoms with van der Waals surface area (Å²) >= 11 is 0. The van der Waals surface area contributed by atoms with Crippen molar-refractivity contribution in [1.29, 1.82) is 0 Å². The Morgan fingerprint density at radius 3 is 2.42 bits per heavy atom. The predicted octanol–water partition coefficient (Wildman–Crippen LogP) is -0.826. The zero-order valence-electron chi connectivity index (χ0n) is 10.5. The number of benzene rings is 1. The first-order chi connectivity index (χ1) is 9.04. The third-order valence-corrected chi connectivity index (χ3v) is 3.19. The molecule has 0 radical (unpaired) electrons. The van der Waals surface area contributed by atoms with Crippen LogP contribution in [-0.4, -0.2) is 57.7 Å². The minimum Gasteiger partial charge on any atom is -0.462 e. The molecule has 1 saturated heterocycles. The van der Waals surface area contributed by atoms with E-state index in [-0.39, 0.29) is 0 Å². The molecule has 0 spiro atoms. The SMILES string of the molecule is Cc1ccccc1O[C@@H]1O[C@H](CO)[C@@H](O)[C@@H](O)[C@@H]1O. The number of aliphatic hydroxyl groups is 4. The van der Waals surface area contributed by atoms with Gasteiger partial charge in [0.25, 0.3) is 0 Å². The van der Waals surface area contributed by atoms with Crippen molar-refractivity contribution < 1.29 is 29.9 Å². The minimum absolute atomic E-state index is 0.474. The number of ether oxygens (including phenoxy) is 2. The molecule has 0 aromatic heterocycles. The summed E-state index contributed by atoms with van der Waals surface area (Å²) in [5.74, 6) is 0.506. The van der Waals surface area contributed by atoms with Crippen molar-refractivity contribution in [2.24, 2.45) is 0 Å². The van der Waals surface area contributed by atoms with E-state index in [9.17, 15) is 15.3 Å². The Morgan fingerprint density at radius 1 is 1.11 bits per heavy atom. The van der Waals surface area contributed by atoms with E-state index in [1.54, 1.807) is 12.1 Å².